The number of carbonyl (C=O) groups is 2. The van der Waals surface area contributed by atoms with Crippen molar-refractivity contribution in [2.45, 2.75) is 83.2 Å². The van der Waals surface area contributed by atoms with Crippen molar-refractivity contribution in [3.05, 3.63) is 35.9 Å². The quantitative estimate of drug-likeness (QED) is 0.476. The van der Waals surface area contributed by atoms with E-state index in [1.54, 1.807) is 4.90 Å². The minimum atomic E-state index is -0.887. The average Bonchev–Trinajstić information content (AvgIpc) is 3.53. The largest absolute Gasteiger partial charge is 0.481 e. The van der Waals surface area contributed by atoms with Crippen LogP contribution in [0.5, 0.6) is 0 Å². The molecule has 1 aromatic heterocycles. The third-order valence-electron chi connectivity index (χ3n) is 7.48. The normalized spacial score (nSPS) is 18.1. The molecule has 2 aliphatic rings. The summed E-state index contributed by atoms with van der Waals surface area (Å²) in [5.41, 5.74) is 3.42. The number of carboxylic acids is 1. The van der Waals surface area contributed by atoms with E-state index in [1.165, 1.54) is 37.7 Å². The van der Waals surface area contributed by atoms with Gasteiger partial charge in [0.1, 0.15) is 0 Å². The number of anilines is 1. The molecule has 1 saturated heterocycles. The summed E-state index contributed by atoms with van der Waals surface area (Å²) < 4.78 is 2.11. The number of aliphatic carboxylic acids is 1. The zero-order valence-electron chi connectivity index (χ0n) is 20.4. The number of benzene rings is 1. The fourth-order valence-corrected chi connectivity index (χ4v) is 5.60. The molecule has 2 aromatic rings. The topological polar surface area (TPSA) is 78.7 Å². The predicted octanol–water partition coefficient (Wildman–Crippen LogP) is 4.91. The van der Waals surface area contributed by atoms with Crippen LogP contribution in [0.2, 0.25) is 0 Å². The Bertz CT molecular complexity index is 961. The van der Waals surface area contributed by atoms with E-state index >= 15 is 0 Å². The van der Waals surface area contributed by atoms with Gasteiger partial charge < -0.3 is 10.0 Å². The van der Waals surface area contributed by atoms with E-state index < -0.39 is 12.0 Å². The van der Waals surface area contributed by atoms with Crippen molar-refractivity contribution >= 4 is 18.2 Å². The van der Waals surface area contributed by atoms with Crippen LogP contribution in [0.3, 0.4) is 0 Å². The number of aryl methyl sites for hydroxylation is 1. The molecule has 0 radical (unpaired) electrons. The molecule has 0 bridgehead atoms. The third-order valence-corrected chi connectivity index (χ3v) is 7.48. The summed E-state index contributed by atoms with van der Waals surface area (Å²) >= 11 is 0. The molecule has 1 atom stereocenters. The van der Waals surface area contributed by atoms with Gasteiger partial charge in [0.25, 0.3) is 0 Å². The summed E-state index contributed by atoms with van der Waals surface area (Å²) in [7, 11) is 0. The number of piperidine rings is 1. The van der Waals surface area contributed by atoms with Gasteiger partial charge in [-0.1, -0.05) is 50.5 Å². The second-order valence-corrected chi connectivity index (χ2v) is 9.74. The van der Waals surface area contributed by atoms with Crippen molar-refractivity contribution in [2.75, 3.05) is 24.5 Å². The van der Waals surface area contributed by atoms with Gasteiger partial charge in [-0.05, 0) is 57.2 Å². The zero-order chi connectivity index (χ0) is 23.9. The molecule has 7 nitrogen and oxygen atoms in total. The lowest BCUT2D eigenvalue weighted by Gasteiger charge is -2.30. The summed E-state index contributed by atoms with van der Waals surface area (Å²) in [6.45, 7) is 5.05. The molecule has 1 aromatic carbocycles. The van der Waals surface area contributed by atoms with Crippen molar-refractivity contribution < 1.29 is 14.7 Å². The second kappa shape index (κ2) is 11.6. The van der Waals surface area contributed by atoms with Gasteiger partial charge in [-0.3, -0.25) is 19.2 Å². The van der Waals surface area contributed by atoms with Crippen LogP contribution in [-0.4, -0.2) is 57.8 Å². The number of rotatable bonds is 11. The average molecular weight is 467 g/mol. The van der Waals surface area contributed by atoms with Crippen molar-refractivity contribution in [1.82, 2.24) is 14.7 Å². The van der Waals surface area contributed by atoms with Crippen LogP contribution in [0.15, 0.2) is 30.3 Å². The van der Waals surface area contributed by atoms with Gasteiger partial charge in [0.15, 0.2) is 5.82 Å². The standard InChI is InChI=1S/C27H38N4O3/c1-2-21-10-4-7-13-24(21)25-19-26(28-31(25)22-11-5-6-12-22)30(20-32)23(18-27(33)34)14-17-29-15-8-3-9-16-29/h4,7,10,13,19-20,22-23H,2-3,5-6,8-9,11-12,14-18H2,1H3,(H,33,34)/t23-/m0/s1. The zero-order valence-corrected chi connectivity index (χ0v) is 20.4. The molecular weight excluding hydrogens is 428 g/mol. The second-order valence-electron chi connectivity index (χ2n) is 9.74. The number of hydrogen-bond donors (Lipinski definition) is 1. The van der Waals surface area contributed by atoms with E-state index in [0.29, 0.717) is 18.3 Å². The fourth-order valence-electron chi connectivity index (χ4n) is 5.60. The van der Waals surface area contributed by atoms with Crippen LogP contribution in [0.1, 0.15) is 76.3 Å². The van der Waals surface area contributed by atoms with Gasteiger partial charge in [-0.25, -0.2) is 0 Å². The molecule has 2 fully saturated rings. The van der Waals surface area contributed by atoms with Crippen LogP contribution in [-0.2, 0) is 16.0 Å². The smallest absolute Gasteiger partial charge is 0.305 e. The Labute approximate surface area is 202 Å². The Morgan fingerprint density at radius 3 is 2.59 bits per heavy atom. The van der Waals surface area contributed by atoms with E-state index in [0.717, 1.165) is 56.6 Å². The summed E-state index contributed by atoms with van der Waals surface area (Å²) in [5, 5.41) is 14.6. The SMILES string of the molecule is CCc1ccccc1-c1cc(N(C=O)[C@@H](CCN2CCCCC2)CC(=O)O)nn1C1CCCC1. The third kappa shape index (κ3) is 5.69. The van der Waals surface area contributed by atoms with Crippen molar-refractivity contribution in [3.63, 3.8) is 0 Å². The van der Waals surface area contributed by atoms with Gasteiger partial charge in [-0.2, -0.15) is 5.10 Å². The van der Waals surface area contributed by atoms with Crippen molar-refractivity contribution in [1.29, 1.82) is 0 Å². The molecule has 184 valence electrons. The summed E-state index contributed by atoms with van der Waals surface area (Å²) in [6.07, 6.45) is 10.4. The maximum atomic E-state index is 12.4. The van der Waals surface area contributed by atoms with Gasteiger partial charge in [0.05, 0.1) is 18.2 Å². The lowest BCUT2D eigenvalue weighted by molar-refractivity contribution is -0.137. The first-order valence-electron chi connectivity index (χ1n) is 13.0. The summed E-state index contributed by atoms with van der Waals surface area (Å²) in [4.78, 5) is 28.0. The van der Waals surface area contributed by atoms with Crippen molar-refractivity contribution in [2.24, 2.45) is 0 Å². The van der Waals surface area contributed by atoms with E-state index in [9.17, 15) is 14.7 Å². The van der Waals surface area contributed by atoms with Gasteiger partial charge in [-0.15, -0.1) is 0 Å². The Balaban J connectivity index is 1.66. The van der Waals surface area contributed by atoms with E-state index in [1.807, 2.05) is 12.1 Å². The molecule has 1 aliphatic heterocycles. The Morgan fingerprint density at radius 1 is 1.18 bits per heavy atom. The number of amides is 1. The number of likely N-dealkylation sites (tertiary alicyclic amines) is 1. The Kier molecular flexibility index (Phi) is 8.38. The van der Waals surface area contributed by atoms with Crippen LogP contribution >= 0.6 is 0 Å². The molecule has 2 heterocycles. The van der Waals surface area contributed by atoms with Gasteiger partial charge in [0, 0.05) is 24.2 Å². The van der Waals surface area contributed by atoms with Crippen LogP contribution in [0, 0.1) is 0 Å². The van der Waals surface area contributed by atoms with Crippen molar-refractivity contribution in [3.8, 4) is 11.3 Å². The van der Waals surface area contributed by atoms with E-state index in [-0.39, 0.29) is 6.42 Å². The number of nitrogens with zero attached hydrogens (tertiary/aromatic N) is 4. The number of aromatic nitrogens is 2. The minimum absolute atomic E-state index is 0.0796. The van der Waals surface area contributed by atoms with Crippen LogP contribution < -0.4 is 4.90 Å². The predicted molar refractivity (Wildman–Crippen MR) is 134 cm³/mol. The molecule has 1 N–H and O–H groups in total. The van der Waals surface area contributed by atoms with Crippen LogP contribution in [0.25, 0.3) is 11.3 Å². The summed E-state index contributed by atoms with van der Waals surface area (Å²) in [6, 6.07) is 10.3. The Hall–Kier alpha value is -2.67. The first-order valence-corrected chi connectivity index (χ1v) is 13.0. The maximum Gasteiger partial charge on any atom is 0.305 e. The van der Waals surface area contributed by atoms with Gasteiger partial charge >= 0.3 is 5.97 Å². The monoisotopic (exact) mass is 466 g/mol. The van der Waals surface area contributed by atoms with E-state index in [2.05, 4.69) is 34.7 Å². The molecule has 1 aliphatic carbocycles. The van der Waals surface area contributed by atoms with E-state index in [4.69, 9.17) is 5.10 Å². The highest BCUT2D eigenvalue weighted by Gasteiger charge is 2.28. The lowest BCUT2D eigenvalue weighted by Crippen LogP contribution is -2.40. The fraction of sp³-hybridized carbons (Fsp3) is 0.593. The molecule has 7 heteroatoms. The Morgan fingerprint density at radius 2 is 1.91 bits per heavy atom. The summed E-state index contributed by atoms with van der Waals surface area (Å²) in [5.74, 6) is -0.324. The minimum Gasteiger partial charge on any atom is -0.481 e. The number of carbonyl (C=O) groups excluding carboxylic acids is 1. The van der Waals surface area contributed by atoms with Gasteiger partial charge in [0.2, 0.25) is 6.41 Å². The molecule has 1 saturated carbocycles. The molecule has 1 amide bonds. The molecule has 34 heavy (non-hydrogen) atoms. The highest BCUT2D eigenvalue weighted by Crippen LogP contribution is 2.37. The highest BCUT2D eigenvalue weighted by atomic mass is 16.4. The first-order chi connectivity index (χ1) is 16.6. The first kappa shape index (κ1) is 24.5. The maximum absolute atomic E-state index is 12.4. The van der Waals surface area contributed by atoms with Crippen LogP contribution in [0.4, 0.5) is 5.82 Å². The molecule has 4 rings (SSSR count). The molecule has 0 spiro atoms. The lowest BCUT2D eigenvalue weighted by atomic mass is 10.0. The molecule has 0 unspecified atom stereocenters. The number of hydrogen-bond acceptors (Lipinski definition) is 4. The molecular formula is C27H38N4O3. The number of carboxylic acid groups (broad SMARTS) is 1. The highest BCUT2D eigenvalue weighted by molar-refractivity contribution is 5.79.